The minimum Gasteiger partial charge on any atom is -0.393 e. The Labute approximate surface area is 82.7 Å². The van der Waals surface area contributed by atoms with Gasteiger partial charge in [0.15, 0.2) is 0 Å². The average molecular weight is 190 g/mol. The van der Waals surface area contributed by atoms with Crippen LogP contribution in [-0.4, -0.2) is 17.0 Å². The number of rotatable bonds is 0. The van der Waals surface area contributed by atoms with Crippen LogP contribution in [0, 0.1) is 47.3 Å². The van der Waals surface area contributed by atoms with E-state index in [9.17, 15) is 9.90 Å². The molecule has 0 aliphatic heterocycles. The molecule has 0 aromatic carbocycles. The van der Waals surface area contributed by atoms with E-state index in [-0.39, 0.29) is 6.10 Å². The van der Waals surface area contributed by atoms with Crippen molar-refractivity contribution in [2.45, 2.75) is 18.9 Å². The zero-order valence-electron chi connectivity index (χ0n) is 7.97. The quantitative estimate of drug-likeness (QED) is 0.610. The summed E-state index contributed by atoms with van der Waals surface area (Å²) in [5.74, 6) is 5.06. The summed E-state index contributed by atoms with van der Waals surface area (Å²) in [6.45, 7) is 0. The lowest BCUT2D eigenvalue weighted by atomic mass is 9.76. The first-order chi connectivity index (χ1) is 6.79. The van der Waals surface area contributed by atoms with E-state index in [0.29, 0.717) is 41.3 Å². The highest BCUT2D eigenvalue weighted by Gasteiger charge is 2.78. The Morgan fingerprint density at radius 3 is 2.71 bits per heavy atom. The van der Waals surface area contributed by atoms with Gasteiger partial charge >= 0.3 is 0 Å². The van der Waals surface area contributed by atoms with E-state index in [1.54, 1.807) is 0 Å². The minimum absolute atomic E-state index is 0.106. The number of hydrogen-bond acceptors (Lipinski definition) is 2. The third-order valence-electron chi connectivity index (χ3n) is 6.36. The summed E-state index contributed by atoms with van der Waals surface area (Å²) in [6.07, 6.45) is 2.33. The van der Waals surface area contributed by atoms with Gasteiger partial charge in [-0.25, -0.2) is 0 Å². The SMILES string of the molecule is O=C1C2C3C(O)[C@@H]4C[C@H]3C3C4[C@@H]1C[C@@H]23. The molecule has 5 rings (SSSR count). The van der Waals surface area contributed by atoms with Crippen molar-refractivity contribution >= 4 is 5.78 Å². The zero-order chi connectivity index (χ0) is 9.19. The monoisotopic (exact) mass is 190 g/mol. The second-order valence-electron chi connectivity index (χ2n) is 6.22. The molecule has 0 radical (unpaired) electrons. The summed E-state index contributed by atoms with van der Waals surface area (Å²) in [7, 11) is 0. The molecular weight excluding hydrogens is 176 g/mol. The van der Waals surface area contributed by atoms with Gasteiger partial charge in [-0.15, -0.1) is 0 Å². The van der Waals surface area contributed by atoms with Gasteiger partial charge in [-0.3, -0.25) is 4.79 Å². The topological polar surface area (TPSA) is 37.3 Å². The molecule has 0 amide bonds. The van der Waals surface area contributed by atoms with Crippen LogP contribution in [0.2, 0.25) is 0 Å². The fourth-order valence-corrected chi connectivity index (χ4v) is 6.40. The molecule has 1 N–H and O–H groups in total. The number of hydrogen-bond donors (Lipinski definition) is 1. The van der Waals surface area contributed by atoms with Crippen molar-refractivity contribution in [2.24, 2.45) is 47.3 Å². The van der Waals surface area contributed by atoms with Crippen molar-refractivity contribution in [1.29, 1.82) is 0 Å². The highest BCUT2D eigenvalue weighted by atomic mass is 16.3. The second kappa shape index (κ2) is 1.71. The van der Waals surface area contributed by atoms with Crippen molar-refractivity contribution in [3.05, 3.63) is 0 Å². The predicted octanol–water partition coefficient (Wildman–Crippen LogP) is 0.694. The lowest BCUT2D eigenvalue weighted by Crippen LogP contribution is -2.33. The molecule has 0 aromatic heterocycles. The predicted molar refractivity (Wildman–Crippen MR) is 48.2 cm³/mol. The van der Waals surface area contributed by atoms with Crippen LogP contribution in [0.5, 0.6) is 0 Å². The summed E-state index contributed by atoms with van der Waals surface area (Å²) in [6, 6.07) is 0. The summed E-state index contributed by atoms with van der Waals surface area (Å²) in [5, 5.41) is 10.2. The van der Waals surface area contributed by atoms with Crippen LogP contribution >= 0.6 is 0 Å². The van der Waals surface area contributed by atoms with Crippen molar-refractivity contribution in [3.8, 4) is 0 Å². The van der Waals surface area contributed by atoms with Gasteiger partial charge in [0.25, 0.3) is 0 Å². The largest absolute Gasteiger partial charge is 0.393 e. The Morgan fingerprint density at radius 2 is 1.86 bits per heavy atom. The highest BCUT2D eigenvalue weighted by molar-refractivity contribution is 5.89. The van der Waals surface area contributed by atoms with E-state index < -0.39 is 0 Å². The molecule has 5 saturated carbocycles. The fourth-order valence-electron chi connectivity index (χ4n) is 6.40. The normalized spacial score (nSPS) is 75.8. The summed E-state index contributed by atoms with van der Waals surface area (Å²) >= 11 is 0. The van der Waals surface area contributed by atoms with Gasteiger partial charge in [-0.1, -0.05) is 0 Å². The van der Waals surface area contributed by atoms with Crippen LogP contribution in [-0.2, 0) is 4.79 Å². The molecule has 0 spiro atoms. The van der Waals surface area contributed by atoms with Gasteiger partial charge in [0.2, 0.25) is 0 Å². The molecule has 0 aromatic rings. The van der Waals surface area contributed by atoms with Crippen molar-refractivity contribution in [1.82, 2.24) is 0 Å². The van der Waals surface area contributed by atoms with Crippen LogP contribution in [0.4, 0.5) is 0 Å². The maximum atomic E-state index is 12.1. The number of fused-ring (bicyclic) bond motifs is 5. The fraction of sp³-hybridized carbons (Fsp3) is 0.917. The molecule has 2 heteroatoms. The van der Waals surface area contributed by atoms with E-state index in [2.05, 4.69) is 0 Å². The third kappa shape index (κ3) is 0.425. The molecule has 5 fully saturated rings. The first-order valence-electron chi connectivity index (χ1n) is 6.01. The summed E-state index contributed by atoms with van der Waals surface area (Å²) in [4.78, 5) is 12.1. The molecule has 14 heavy (non-hydrogen) atoms. The van der Waals surface area contributed by atoms with Crippen LogP contribution in [0.15, 0.2) is 0 Å². The van der Waals surface area contributed by atoms with Gasteiger partial charge in [0, 0.05) is 11.8 Å². The Bertz CT molecular complexity index is 361. The number of aliphatic hydroxyl groups is 1. The van der Waals surface area contributed by atoms with E-state index in [1.165, 1.54) is 12.8 Å². The number of ketones is 1. The van der Waals surface area contributed by atoms with Crippen LogP contribution in [0.25, 0.3) is 0 Å². The third-order valence-corrected chi connectivity index (χ3v) is 6.36. The lowest BCUT2D eigenvalue weighted by Gasteiger charge is -2.29. The van der Waals surface area contributed by atoms with Crippen LogP contribution in [0.1, 0.15) is 12.8 Å². The maximum Gasteiger partial charge on any atom is 0.140 e. The smallest absolute Gasteiger partial charge is 0.140 e. The van der Waals surface area contributed by atoms with Crippen molar-refractivity contribution in [2.75, 3.05) is 0 Å². The zero-order valence-corrected chi connectivity index (χ0v) is 7.97. The van der Waals surface area contributed by atoms with Gasteiger partial charge in [0.05, 0.1) is 6.10 Å². The Hall–Kier alpha value is -0.370. The molecule has 9 atom stereocenters. The lowest BCUT2D eigenvalue weighted by molar-refractivity contribution is -0.127. The van der Waals surface area contributed by atoms with Gasteiger partial charge in [-0.05, 0) is 48.3 Å². The summed E-state index contributed by atoms with van der Waals surface area (Å²) < 4.78 is 0. The number of carbonyl (C=O) groups is 1. The molecular formula is C12H14O2. The van der Waals surface area contributed by atoms with Crippen LogP contribution < -0.4 is 0 Å². The molecule has 5 aliphatic carbocycles. The molecule has 0 saturated heterocycles. The first-order valence-corrected chi connectivity index (χ1v) is 6.01. The van der Waals surface area contributed by atoms with E-state index in [1.807, 2.05) is 0 Å². The van der Waals surface area contributed by atoms with Crippen molar-refractivity contribution < 1.29 is 9.90 Å². The Kier molecular flexibility index (Phi) is 0.853. The van der Waals surface area contributed by atoms with Gasteiger partial charge < -0.3 is 5.11 Å². The van der Waals surface area contributed by atoms with Gasteiger partial charge in [-0.2, -0.15) is 0 Å². The highest BCUT2D eigenvalue weighted by Crippen LogP contribution is 2.77. The molecule has 0 heterocycles. The molecule has 74 valence electrons. The van der Waals surface area contributed by atoms with Crippen LogP contribution in [0.3, 0.4) is 0 Å². The molecule has 5 aliphatic rings. The maximum absolute atomic E-state index is 12.1. The second-order valence-corrected chi connectivity index (χ2v) is 6.22. The average Bonchev–Trinajstić information content (AvgIpc) is 2.79. The summed E-state index contributed by atoms with van der Waals surface area (Å²) in [5.41, 5.74) is 0. The number of Topliss-reactive ketones (excluding diaryl/α,β-unsaturated/α-hetero) is 1. The van der Waals surface area contributed by atoms with E-state index >= 15 is 0 Å². The number of carbonyl (C=O) groups excluding carboxylic acids is 1. The molecule has 5 unspecified atom stereocenters. The van der Waals surface area contributed by atoms with E-state index in [0.717, 1.165) is 11.8 Å². The minimum atomic E-state index is -0.106. The Balaban J connectivity index is 1.84. The standard InChI is InChI=1S/C12H14O2/c13-11-5-1-3-7-4-2-6(8(5)7)12(14)10(4)9(3)11/h3-11,13H,1-2H2/t3-,4+,5+,6-,7?,8?,9?,10?,11?/m0/s1. The van der Waals surface area contributed by atoms with Gasteiger partial charge in [0.1, 0.15) is 5.78 Å². The Morgan fingerprint density at radius 1 is 1.00 bits per heavy atom. The molecule has 2 nitrogen and oxygen atoms in total. The first kappa shape index (κ1) is 7.00. The molecule has 4 bridgehead atoms. The van der Waals surface area contributed by atoms with Crippen molar-refractivity contribution in [3.63, 3.8) is 0 Å². The van der Waals surface area contributed by atoms with E-state index in [4.69, 9.17) is 0 Å². The number of aliphatic hydroxyl groups excluding tert-OH is 1.